The minimum atomic E-state index is -0.295. The smallest absolute Gasteiger partial charge is 0.165 e. The average Bonchev–Trinajstić information content (AvgIpc) is 3.25. The van der Waals surface area contributed by atoms with Crippen LogP contribution < -0.4 is 10.1 Å². The zero-order chi connectivity index (χ0) is 16.4. The summed E-state index contributed by atoms with van der Waals surface area (Å²) < 4.78 is 19.7. The van der Waals surface area contributed by atoms with E-state index in [9.17, 15) is 4.39 Å². The molecule has 1 aromatic heterocycles. The van der Waals surface area contributed by atoms with Crippen molar-refractivity contribution in [3.8, 4) is 5.75 Å². The first kappa shape index (κ1) is 16.3. The van der Waals surface area contributed by atoms with Crippen LogP contribution in [0.25, 0.3) is 0 Å². The number of nitrogens with zero attached hydrogens (tertiary/aromatic N) is 2. The summed E-state index contributed by atoms with van der Waals surface area (Å²) in [5.41, 5.74) is 0.898. The van der Waals surface area contributed by atoms with Crippen LogP contribution >= 0.6 is 11.3 Å². The molecule has 2 unspecified atom stereocenters. The zero-order valence-corrected chi connectivity index (χ0v) is 14.5. The monoisotopic (exact) mass is 335 g/mol. The van der Waals surface area contributed by atoms with E-state index < -0.39 is 0 Å². The van der Waals surface area contributed by atoms with Crippen LogP contribution in [0.5, 0.6) is 5.75 Å². The second kappa shape index (κ2) is 6.93. The molecule has 0 saturated heterocycles. The van der Waals surface area contributed by atoms with Gasteiger partial charge in [-0.1, -0.05) is 6.07 Å². The molecule has 2 atom stereocenters. The molecule has 3 rings (SSSR count). The van der Waals surface area contributed by atoms with Gasteiger partial charge in [0.2, 0.25) is 0 Å². The first-order valence-electron chi connectivity index (χ1n) is 8.01. The lowest BCUT2D eigenvalue weighted by Gasteiger charge is -2.19. The van der Waals surface area contributed by atoms with Gasteiger partial charge in [-0.25, -0.2) is 4.39 Å². The number of halogens is 1. The van der Waals surface area contributed by atoms with Gasteiger partial charge in [-0.2, -0.15) is 0 Å². The first-order chi connectivity index (χ1) is 11.0. The summed E-state index contributed by atoms with van der Waals surface area (Å²) in [5.74, 6) is 0.669. The Bertz CT molecular complexity index is 672. The number of ether oxygens (including phenoxy) is 1. The predicted molar refractivity (Wildman–Crippen MR) is 89.2 cm³/mol. The van der Waals surface area contributed by atoms with Crippen molar-refractivity contribution in [2.45, 2.75) is 45.7 Å². The number of benzene rings is 1. The fourth-order valence-electron chi connectivity index (χ4n) is 2.42. The molecule has 124 valence electrons. The molecule has 1 saturated carbocycles. The highest BCUT2D eigenvalue weighted by molar-refractivity contribution is 7.11. The summed E-state index contributed by atoms with van der Waals surface area (Å²) in [6.07, 6.45) is 2.40. The highest BCUT2D eigenvalue weighted by Gasteiger charge is 2.22. The van der Waals surface area contributed by atoms with Gasteiger partial charge in [-0.15, -0.1) is 21.5 Å². The van der Waals surface area contributed by atoms with Gasteiger partial charge in [0.1, 0.15) is 10.0 Å². The lowest BCUT2D eigenvalue weighted by atomic mass is 10.1. The third kappa shape index (κ3) is 4.26. The second-order valence-electron chi connectivity index (χ2n) is 6.21. The van der Waals surface area contributed by atoms with E-state index in [1.54, 1.807) is 23.5 Å². The summed E-state index contributed by atoms with van der Waals surface area (Å²) in [5, 5.41) is 13.5. The van der Waals surface area contributed by atoms with E-state index in [0.29, 0.717) is 18.3 Å². The van der Waals surface area contributed by atoms with Gasteiger partial charge in [0.25, 0.3) is 0 Å². The predicted octanol–water partition coefficient (Wildman–Crippen LogP) is 4.19. The molecule has 0 radical (unpaired) electrons. The first-order valence-corrected chi connectivity index (χ1v) is 8.83. The van der Waals surface area contributed by atoms with E-state index in [1.165, 1.54) is 12.8 Å². The number of aryl methyl sites for hydroxylation is 1. The summed E-state index contributed by atoms with van der Waals surface area (Å²) in [7, 11) is 0. The van der Waals surface area contributed by atoms with Crippen molar-refractivity contribution >= 4 is 11.3 Å². The van der Waals surface area contributed by atoms with E-state index >= 15 is 0 Å². The summed E-state index contributed by atoms with van der Waals surface area (Å²) >= 11 is 1.57. The van der Waals surface area contributed by atoms with Crippen LogP contribution in [0.1, 0.15) is 54.4 Å². The summed E-state index contributed by atoms with van der Waals surface area (Å²) in [4.78, 5) is 0. The molecule has 1 heterocycles. The lowest BCUT2D eigenvalue weighted by Crippen LogP contribution is -2.22. The molecular weight excluding hydrogens is 313 g/mol. The number of rotatable bonds is 7. The van der Waals surface area contributed by atoms with Gasteiger partial charge in [0, 0.05) is 6.04 Å². The molecule has 1 fully saturated rings. The summed E-state index contributed by atoms with van der Waals surface area (Å²) in [6.45, 7) is 6.62. The molecule has 0 spiro atoms. The maximum atomic E-state index is 14.2. The van der Waals surface area contributed by atoms with E-state index in [1.807, 2.05) is 26.8 Å². The Labute approximate surface area is 140 Å². The molecule has 0 aliphatic heterocycles. The highest BCUT2D eigenvalue weighted by atomic mass is 32.1. The highest BCUT2D eigenvalue weighted by Crippen LogP contribution is 2.31. The van der Waals surface area contributed by atoms with Crippen molar-refractivity contribution in [1.29, 1.82) is 0 Å². The van der Waals surface area contributed by atoms with Gasteiger partial charge >= 0.3 is 0 Å². The fraction of sp³-hybridized carbons (Fsp3) is 0.529. The number of hydrogen-bond donors (Lipinski definition) is 1. The Hall–Kier alpha value is -1.53. The van der Waals surface area contributed by atoms with E-state index in [-0.39, 0.29) is 17.9 Å². The largest absolute Gasteiger partial charge is 0.490 e. The molecular formula is C17H22FN3OS. The van der Waals surface area contributed by atoms with Crippen LogP contribution in [0.3, 0.4) is 0 Å². The third-order valence-corrected chi connectivity index (χ3v) is 5.06. The van der Waals surface area contributed by atoms with Crippen LogP contribution in [-0.4, -0.2) is 16.8 Å². The Morgan fingerprint density at radius 1 is 1.30 bits per heavy atom. The van der Waals surface area contributed by atoms with Crippen molar-refractivity contribution in [3.63, 3.8) is 0 Å². The average molecular weight is 335 g/mol. The molecule has 1 aliphatic rings. The van der Waals surface area contributed by atoms with Crippen LogP contribution in [0.15, 0.2) is 18.2 Å². The van der Waals surface area contributed by atoms with Crippen molar-refractivity contribution in [3.05, 3.63) is 39.6 Å². The van der Waals surface area contributed by atoms with Crippen molar-refractivity contribution in [2.75, 3.05) is 6.61 Å². The van der Waals surface area contributed by atoms with E-state index in [0.717, 1.165) is 15.6 Å². The summed E-state index contributed by atoms with van der Waals surface area (Å²) in [6, 6.07) is 5.29. The molecule has 2 aromatic rings. The number of nitrogens with one attached hydrogen (secondary N) is 1. The Balaban J connectivity index is 1.61. The molecule has 4 nitrogen and oxygen atoms in total. The minimum absolute atomic E-state index is 0.0150. The second-order valence-corrected chi connectivity index (χ2v) is 7.43. The molecule has 23 heavy (non-hydrogen) atoms. The van der Waals surface area contributed by atoms with Crippen LogP contribution in [0.2, 0.25) is 0 Å². The lowest BCUT2D eigenvalue weighted by molar-refractivity contribution is 0.285. The Kier molecular flexibility index (Phi) is 4.92. The molecule has 1 N–H and O–H groups in total. The fourth-order valence-corrected chi connectivity index (χ4v) is 3.14. The topological polar surface area (TPSA) is 47.0 Å². The Morgan fingerprint density at radius 3 is 2.70 bits per heavy atom. The number of aromatic nitrogens is 2. The molecule has 1 aromatic carbocycles. The van der Waals surface area contributed by atoms with Crippen molar-refractivity contribution in [1.82, 2.24) is 15.5 Å². The zero-order valence-electron chi connectivity index (χ0n) is 13.7. The van der Waals surface area contributed by atoms with Gasteiger partial charge in [-0.3, -0.25) is 0 Å². The van der Waals surface area contributed by atoms with Gasteiger partial charge < -0.3 is 10.1 Å². The maximum Gasteiger partial charge on any atom is 0.165 e. The van der Waals surface area contributed by atoms with Crippen molar-refractivity contribution in [2.24, 2.45) is 5.92 Å². The van der Waals surface area contributed by atoms with Crippen LogP contribution in [-0.2, 0) is 0 Å². The maximum absolute atomic E-state index is 14.2. The Morgan fingerprint density at radius 2 is 2.09 bits per heavy atom. The normalized spacial score (nSPS) is 17.0. The third-order valence-electron chi connectivity index (χ3n) is 4.04. The van der Waals surface area contributed by atoms with Crippen molar-refractivity contribution < 1.29 is 9.13 Å². The SMILES string of the molecule is Cc1nnc(C(C)NC(C)c2ccc(OCC3CC3)c(F)c2)s1. The quantitative estimate of drug-likeness (QED) is 0.824. The molecule has 0 amide bonds. The van der Waals surface area contributed by atoms with E-state index in [4.69, 9.17) is 4.74 Å². The number of hydrogen-bond acceptors (Lipinski definition) is 5. The standard InChI is InChI=1S/C17H22FN3OS/c1-10(19-11(2)17-21-20-12(3)23-17)14-6-7-16(15(18)8-14)22-9-13-4-5-13/h6-8,10-11,13,19H,4-5,9H2,1-3H3. The molecule has 1 aliphatic carbocycles. The molecule has 0 bridgehead atoms. The minimum Gasteiger partial charge on any atom is -0.490 e. The molecule has 6 heteroatoms. The van der Waals surface area contributed by atoms with Crippen LogP contribution in [0.4, 0.5) is 4.39 Å². The van der Waals surface area contributed by atoms with Gasteiger partial charge in [0.05, 0.1) is 12.6 Å². The van der Waals surface area contributed by atoms with Gasteiger partial charge in [-0.05, 0) is 57.2 Å². The van der Waals surface area contributed by atoms with E-state index in [2.05, 4.69) is 15.5 Å². The van der Waals surface area contributed by atoms with Gasteiger partial charge in [0.15, 0.2) is 11.6 Å². The van der Waals surface area contributed by atoms with Crippen LogP contribution in [0, 0.1) is 18.7 Å².